The van der Waals surface area contributed by atoms with Crippen molar-refractivity contribution in [3.8, 4) is 5.75 Å². The van der Waals surface area contributed by atoms with Crippen LogP contribution in [0.4, 0.5) is 0 Å². The maximum atomic E-state index is 13.9. The molecule has 1 N–H and O–H groups in total. The van der Waals surface area contributed by atoms with Gasteiger partial charge in [0.1, 0.15) is 17.6 Å². The lowest BCUT2D eigenvalue weighted by atomic mass is 9.94. The van der Waals surface area contributed by atoms with Gasteiger partial charge in [0.25, 0.3) is 5.91 Å². The van der Waals surface area contributed by atoms with Crippen molar-refractivity contribution in [1.82, 2.24) is 25.0 Å². The molecule has 2 atom stereocenters. The van der Waals surface area contributed by atoms with E-state index in [0.29, 0.717) is 36.6 Å². The Bertz CT molecular complexity index is 1230. The lowest BCUT2D eigenvalue weighted by Gasteiger charge is -2.34. The predicted octanol–water partition coefficient (Wildman–Crippen LogP) is 3.85. The van der Waals surface area contributed by atoms with Crippen LogP contribution in [0.1, 0.15) is 82.3 Å². The fraction of sp³-hybridized carbons (Fsp3) is 0.625. The summed E-state index contributed by atoms with van der Waals surface area (Å²) in [6.45, 7) is 14.0. The number of hydrogen-bond acceptors (Lipinski definition) is 7. The molecule has 10 nitrogen and oxygen atoms in total. The first-order valence-corrected chi connectivity index (χ1v) is 15.2. The van der Waals surface area contributed by atoms with Gasteiger partial charge in [0.05, 0.1) is 11.8 Å². The van der Waals surface area contributed by atoms with Crippen molar-refractivity contribution in [2.45, 2.75) is 84.4 Å². The summed E-state index contributed by atoms with van der Waals surface area (Å²) in [5.74, 6) is 1.35. The van der Waals surface area contributed by atoms with Crippen molar-refractivity contribution in [3.05, 3.63) is 47.7 Å². The first-order valence-electron chi connectivity index (χ1n) is 15.2. The molecule has 2 aliphatic rings. The second-order valence-corrected chi connectivity index (χ2v) is 13.0. The molecule has 0 radical (unpaired) electrons. The second-order valence-electron chi connectivity index (χ2n) is 13.0. The van der Waals surface area contributed by atoms with Crippen molar-refractivity contribution >= 4 is 17.7 Å². The van der Waals surface area contributed by atoms with E-state index in [1.807, 2.05) is 44.4 Å². The van der Waals surface area contributed by atoms with Gasteiger partial charge in [0.2, 0.25) is 17.7 Å². The molecule has 2 aromatic rings. The Morgan fingerprint density at radius 3 is 2.48 bits per heavy atom. The molecule has 42 heavy (non-hydrogen) atoms. The quantitative estimate of drug-likeness (QED) is 0.454. The van der Waals surface area contributed by atoms with Gasteiger partial charge in [0.15, 0.2) is 6.61 Å². The standard InChI is InChI=1S/C32H47N5O5/c1-22(2)18-25(31(40)37-13-9-10-23(37)19-29(38)36-16-14-35(6)15-17-36)34-30(39)24-11-7-8-12-26(24)41-21-28-33-20-27(42-28)32(3,4)5/h7-8,11-12,20,22-23,25H,9-10,13-19,21H2,1-6H3,(H,34,39)/t23-,25-/m1/s1. The van der Waals surface area contributed by atoms with Crippen LogP contribution in [0.3, 0.4) is 0 Å². The summed E-state index contributed by atoms with van der Waals surface area (Å²) in [6, 6.07) is 6.12. The Balaban J connectivity index is 1.42. The molecule has 0 saturated carbocycles. The van der Waals surface area contributed by atoms with Gasteiger partial charge in [-0.15, -0.1) is 0 Å². The molecule has 2 aliphatic heterocycles. The Hall–Kier alpha value is -3.40. The molecule has 0 aliphatic carbocycles. The fourth-order valence-electron chi connectivity index (χ4n) is 5.50. The fourth-order valence-corrected chi connectivity index (χ4v) is 5.50. The van der Waals surface area contributed by atoms with Gasteiger partial charge < -0.3 is 29.2 Å². The van der Waals surface area contributed by atoms with E-state index < -0.39 is 6.04 Å². The van der Waals surface area contributed by atoms with Gasteiger partial charge >= 0.3 is 0 Å². The highest BCUT2D eigenvalue weighted by atomic mass is 16.5. The van der Waals surface area contributed by atoms with Crippen LogP contribution in [0.15, 0.2) is 34.9 Å². The van der Waals surface area contributed by atoms with E-state index in [-0.39, 0.29) is 41.7 Å². The summed E-state index contributed by atoms with van der Waals surface area (Å²) in [6.07, 6.45) is 4.16. The van der Waals surface area contributed by atoms with Crippen LogP contribution < -0.4 is 10.1 Å². The van der Waals surface area contributed by atoms with Crippen molar-refractivity contribution < 1.29 is 23.5 Å². The summed E-state index contributed by atoms with van der Waals surface area (Å²) in [5.41, 5.74) is 0.164. The van der Waals surface area contributed by atoms with Crippen LogP contribution in [-0.2, 0) is 21.6 Å². The van der Waals surface area contributed by atoms with Crippen molar-refractivity contribution in [2.75, 3.05) is 39.8 Å². The van der Waals surface area contributed by atoms with Crippen molar-refractivity contribution in [3.63, 3.8) is 0 Å². The highest BCUT2D eigenvalue weighted by molar-refractivity contribution is 5.99. The van der Waals surface area contributed by atoms with Crippen LogP contribution in [0.2, 0.25) is 0 Å². The monoisotopic (exact) mass is 581 g/mol. The molecule has 230 valence electrons. The van der Waals surface area contributed by atoms with Gasteiger partial charge in [-0.25, -0.2) is 4.98 Å². The van der Waals surface area contributed by atoms with Gasteiger partial charge in [-0.2, -0.15) is 0 Å². The Morgan fingerprint density at radius 2 is 1.81 bits per heavy atom. The van der Waals surface area contributed by atoms with Crippen molar-refractivity contribution in [2.24, 2.45) is 5.92 Å². The summed E-state index contributed by atoms with van der Waals surface area (Å²) in [7, 11) is 2.06. The maximum Gasteiger partial charge on any atom is 0.255 e. The van der Waals surface area contributed by atoms with E-state index in [4.69, 9.17) is 9.15 Å². The average molecular weight is 582 g/mol. The summed E-state index contributed by atoms with van der Waals surface area (Å²) >= 11 is 0. The molecule has 2 saturated heterocycles. The molecule has 1 aromatic carbocycles. The number of likely N-dealkylation sites (tertiary alicyclic amines) is 1. The molecule has 0 spiro atoms. The number of nitrogens with one attached hydrogen (secondary N) is 1. The molecular weight excluding hydrogens is 534 g/mol. The second kappa shape index (κ2) is 13.7. The van der Waals surface area contributed by atoms with E-state index in [0.717, 1.165) is 44.8 Å². The van der Waals surface area contributed by atoms with E-state index in [2.05, 4.69) is 22.2 Å². The number of rotatable bonds is 10. The van der Waals surface area contributed by atoms with Gasteiger partial charge in [-0.1, -0.05) is 46.8 Å². The molecule has 0 unspecified atom stereocenters. The number of likely N-dealkylation sites (N-methyl/N-ethyl adjacent to an activating group) is 1. The average Bonchev–Trinajstić information content (AvgIpc) is 3.61. The number of nitrogens with zero attached hydrogens (tertiary/aromatic N) is 4. The molecule has 4 rings (SSSR count). The molecule has 10 heteroatoms. The molecule has 0 bridgehead atoms. The third-order valence-corrected chi connectivity index (χ3v) is 8.01. The predicted molar refractivity (Wildman–Crippen MR) is 160 cm³/mol. The number of para-hydroxylation sites is 1. The number of oxazole rings is 1. The van der Waals surface area contributed by atoms with E-state index in [1.165, 1.54) is 0 Å². The minimum atomic E-state index is -0.703. The summed E-state index contributed by atoms with van der Waals surface area (Å²) in [4.78, 5) is 50.7. The number of ether oxygens (including phenoxy) is 1. The van der Waals surface area contributed by atoms with Crippen LogP contribution in [-0.4, -0.2) is 89.3 Å². The normalized spacial score (nSPS) is 18.8. The third kappa shape index (κ3) is 8.12. The number of benzene rings is 1. The highest BCUT2D eigenvalue weighted by Gasteiger charge is 2.36. The Kier molecular flexibility index (Phi) is 10.3. The van der Waals surface area contributed by atoms with Gasteiger partial charge in [-0.05, 0) is 44.4 Å². The Morgan fingerprint density at radius 1 is 1.10 bits per heavy atom. The molecule has 3 amide bonds. The summed E-state index contributed by atoms with van der Waals surface area (Å²) < 4.78 is 11.8. The third-order valence-electron chi connectivity index (χ3n) is 8.01. The number of amides is 3. The zero-order chi connectivity index (χ0) is 30.4. The smallest absolute Gasteiger partial charge is 0.255 e. The topological polar surface area (TPSA) is 108 Å². The SMILES string of the molecule is CC(C)C[C@@H](NC(=O)c1ccccc1OCc1ncc(C(C)(C)C)o1)C(=O)N1CCC[C@@H]1CC(=O)N1CCN(C)CC1. The number of hydrogen-bond donors (Lipinski definition) is 1. The maximum absolute atomic E-state index is 13.9. The largest absolute Gasteiger partial charge is 0.483 e. The van der Waals surface area contributed by atoms with Crippen molar-refractivity contribution in [1.29, 1.82) is 0 Å². The molecular formula is C32H47N5O5. The van der Waals surface area contributed by atoms with E-state index >= 15 is 0 Å². The number of carbonyl (C=O) groups excluding carboxylic acids is 3. The van der Waals surface area contributed by atoms with Gasteiger partial charge in [-0.3, -0.25) is 14.4 Å². The first-order chi connectivity index (χ1) is 19.9. The van der Waals surface area contributed by atoms with E-state index in [9.17, 15) is 14.4 Å². The minimum absolute atomic E-state index is 0.0749. The number of carbonyl (C=O) groups is 3. The minimum Gasteiger partial charge on any atom is -0.483 e. The van der Waals surface area contributed by atoms with Gasteiger partial charge in [0, 0.05) is 50.6 Å². The zero-order valence-corrected chi connectivity index (χ0v) is 26.0. The first kappa shape index (κ1) is 31.5. The summed E-state index contributed by atoms with van der Waals surface area (Å²) in [5, 5.41) is 3.00. The van der Waals surface area contributed by atoms with Crippen LogP contribution in [0.5, 0.6) is 5.75 Å². The number of aromatic nitrogens is 1. The van der Waals surface area contributed by atoms with E-state index in [1.54, 1.807) is 30.5 Å². The Labute approximate surface area is 249 Å². The number of piperazine rings is 1. The molecule has 2 fully saturated rings. The van der Waals surface area contributed by atoms with Crippen LogP contribution in [0, 0.1) is 5.92 Å². The molecule has 3 heterocycles. The zero-order valence-electron chi connectivity index (χ0n) is 26.0. The van der Waals surface area contributed by atoms with Crippen LogP contribution >= 0.6 is 0 Å². The van der Waals surface area contributed by atoms with Crippen LogP contribution in [0.25, 0.3) is 0 Å². The molecule has 1 aromatic heterocycles. The lowest BCUT2D eigenvalue weighted by Crippen LogP contribution is -2.52. The highest BCUT2D eigenvalue weighted by Crippen LogP contribution is 2.26. The lowest BCUT2D eigenvalue weighted by molar-refractivity contribution is -0.138.